The molecule has 0 amide bonds. The molecule has 4 rings (SSSR count). The van der Waals surface area contributed by atoms with Crippen molar-refractivity contribution >= 4 is 10.1 Å². The second kappa shape index (κ2) is 7.98. The van der Waals surface area contributed by atoms with Gasteiger partial charge < -0.3 is 24.1 Å². The first-order valence-electron chi connectivity index (χ1n) is 9.92. The summed E-state index contributed by atoms with van der Waals surface area (Å²) in [5.41, 5.74) is 8.35. The molecule has 3 aliphatic heterocycles. The molecule has 0 saturated carbocycles. The van der Waals surface area contributed by atoms with Crippen molar-refractivity contribution in [3.8, 4) is 0 Å². The second-order valence-electron chi connectivity index (χ2n) is 8.35. The summed E-state index contributed by atoms with van der Waals surface area (Å²) in [5, 5.41) is 14.1. The highest BCUT2D eigenvalue weighted by molar-refractivity contribution is 7.86. The van der Waals surface area contributed by atoms with Gasteiger partial charge in [-0.3, -0.25) is 4.18 Å². The quantitative estimate of drug-likeness (QED) is 0.295. The second-order valence-corrected chi connectivity index (χ2v) is 9.92. The Kier molecular flexibility index (Phi) is 5.78. The first kappa shape index (κ1) is 22.4. The van der Waals surface area contributed by atoms with Crippen molar-refractivity contribution in [2.45, 2.75) is 74.2 Å². The summed E-state index contributed by atoms with van der Waals surface area (Å²) >= 11 is 0. The van der Waals surface area contributed by atoms with Gasteiger partial charge in [0, 0.05) is 11.5 Å². The number of rotatable bonds is 6. The predicted octanol–water partition coefficient (Wildman–Crippen LogP) is 1.78. The molecule has 6 atom stereocenters. The van der Waals surface area contributed by atoms with E-state index in [-0.39, 0.29) is 24.5 Å². The van der Waals surface area contributed by atoms with Crippen molar-refractivity contribution in [3.05, 3.63) is 40.3 Å². The summed E-state index contributed by atoms with van der Waals surface area (Å²) in [6.07, 6.45) is -4.99. The van der Waals surface area contributed by atoms with Crippen LogP contribution in [0.3, 0.4) is 0 Å². The molecule has 0 spiro atoms. The van der Waals surface area contributed by atoms with E-state index in [1.807, 2.05) is 6.92 Å². The van der Waals surface area contributed by atoms with Crippen molar-refractivity contribution in [1.29, 1.82) is 0 Å². The number of aryl methyl sites for hydroxylation is 1. The minimum Gasteiger partial charge on any atom is -0.388 e. The lowest BCUT2D eigenvalue weighted by Gasteiger charge is -2.46. The van der Waals surface area contributed by atoms with Crippen molar-refractivity contribution in [2.75, 3.05) is 13.2 Å². The zero-order valence-corrected chi connectivity index (χ0v) is 18.2. The molecular formula is C19H25N3O8S. The van der Waals surface area contributed by atoms with E-state index in [2.05, 4.69) is 10.0 Å². The molecule has 1 N–H and O–H groups in total. The number of fused-ring (bicyclic) bond motifs is 3. The number of ether oxygens (including phenoxy) is 4. The van der Waals surface area contributed by atoms with E-state index in [1.165, 1.54) is 12.1 Å². The Bertz CT molecular complexity index is 978. The third kappa shape index (κ3) is 4.06. The molecular weight excluding hydrogens is 430 g/mol. The average Bonchev–Trinajstić information content (AvgIpc) is 3.15. The van der Waals surface area contributed by atoms with Crippen LogP contribution >= 0.6 is 0 Å². The van der Waals surface area contributed by atoms with E-state index in [4.69, 9.17) is 28.7 Å². The summed E-state index contributed by atoms with van der Waals surface area (Å²) in [6.45, 7) is 5.12. The van der Waals surface area contributed by atoms with Gasteiger partial charge in [0.1, 0.15) is 30.0 Å². The van der Waals surface area contributed by atoms with E-state index >= 15 is 0 Å². The highest BCUT2D eigenvalue weighted by atomic mass is 32.2. The van der Waals surface area contributed by atoms with Crippen LogP contribution in [0.25, 0.3) is 10.4 Å². The molecule has 12 heteroatoms. The molecule has 0 bridgehead atoms. The van der Waals surface area contributed by atoms with Gasteiger partial charge in [-0.05, 0) is 44.9 Å². The lowest BCUT2D eigenvalue weighted by Crippen LogP contribution is -2.64. The first-order valence-corrected chi connectivity index (χ1v) is 11.3. The summed E-state index contributed by atoms with van der Waals surface area (Å²) in [6, 6.07) is 6.18. The van der Waals surface area contributed by atoms with Crippen LogP contribution in [0.4, 0.5) is 0 Å². The van der Waals surface area contributed by atoms with Gasteiger partial charge in [0.25, 0.3) is 10.1 Å². The monoisotopic (exact) mass is 455 g/mol. The summed E-state index contributed by atoms with van der Waals surface area (Å²) in [7, 11) is -4.21. The smallest absolute Gasteiger partial charge is 0.297 e. The maximum atomic E-state index is 12.9. The van der Waals surface area contributed by atoms with Gasteiger partial charge in [0.2, 0.25) is 0 Å². The van der Waals surface area contributed by atoms with Crippen LogP contribution in [-0.2, 0) is 33.2 Å². The molecule has 0 radical (unpaired) electrons. The van der Waals surface area contributed by atoms with Crippen molar-refractivity contribution in [3.63, 3.8) is 0 Å². The normalized spacial score (nSPS) is 36.5. The largest absolute Gasteiger partial charge is 0.388 e. The highest BCUT2D eigenvalue weighted by Crippen LogP contribution is 2.50. The molecule has 3 saturated heterocycles. The SMILES string of the molecule is Cc1ccc(S(=O)(=O)O[C@@H]2[C@H]3O[C@@H]4OC(C)(C)O[C@@H]4[C@]3(CCN=[N+]=[N-])OC[C@@H]2O)cc1. The van der Waals surface area contributed by atoms with E-state index in [0.717, 1.165) is 5.56 Å². The Hall–Kier alpha value is -1.76. The fraction of sp³-hybridized carbons (Fsp3) is 0.684. The van der Waals surface area contributed by atoms with Gasteiger partial charge in [-0.2, -0.15) is 8.42 Å². The third-order valence-electron chi connectivity index (χ3n) is 5.72. The van der Waals surface area contributed by atoms with Gasteiger partial charge in [0.15, 0.2) is 12.1 Å². The predicted molar refractivity (Wildman–Crippen MR) is 105 cm³/mol. The molecule has 1 aromatic rings. The maximum Gasteiger partial charge on any atom is 0.297 e. The Labute approximate surface area is 179 Å². The van der Waals surface area contributed by atoms with E-state index < -0.39 is 52.2 Å². The number of nitrogens with zero attached hydrogens (tertiary/aromatic N) is 3. The van der Waals surface area contributed by atoms with Crippen LogP contribution in [-0.4, -0.2) is 68.8 Å². The van der Waals surface area contributed by atoms with Gasteiger partial charge in [0.05, 0.1) is 11.5 Å². The van der Waals surface area contributed by atoms with E-state index in [9.17, 15) is 13.5 Å². The van der Waals surface area contributed by atoms with Crippen LogP contribution in [0.5, 0.6) is 0 Å². The number of aliphatic hydroxyl groups is 1. The molecule has 3 heterocycles. The summed E-state index contributed by atoms with van der Waals surface area (Å²) < 4.78 is 55.0. The minimum atomic E-state index is -4.21. The van der Waals surface area contributed by atoms with Gasteiger partial charge in [-0.1, -0.05) is 22.8 Å². The lowest BCUT2D eigenvalue weighted by atomic mass is 9.82. The number of benzene rings is 1. The van der Waals surface area contributed by atoms with Crippen LogP contribution in [0.15, 0.2) is 34.3 Å². The van der Waals surface area contributed by atoms with Gasteiger partial charge in [-0.15, -0.1) is 0 Å². The Balaban J connectivity index is 1.66. The Morgan fingerprint density at radius 1 is 1.26 bits per heavy atom. The molecule has 1 aromatic carbocycles. The summed E-state index contributed by atoms with van der Waals surface area (Å²) in [5.74, 6) is -0.949. The molecule has 0 aliphatic carbocycles. The van der Waals surface area contributed by atoms with Gasteiger partial charge in [-0.25, -0.2) is 0 Å². The molecule has 0 aromatic heterocycles. The van der Waals surface area contributed by atoms with Gasteiger partial charge >= 0.3 is 0 Å². The lowest BCUT2D eigenvalue weighted by molar-refractivity contribution is -0.278. The van der Waals surface area contributed by atoms with Crippen molar-refractivity contribution < 1.29 is 36.7 Å². The van der Waals surface area contributed by atoms with Crippen LogP contribution < -0.4 is 0 Å². The standard InChI is InChI=1S/C19H25N3O8S/c1-11-4-6-12(7-5-11)31(24,25)30-14-13(23)10-26-19(8-9-21-22-20)15(14)27-17-16(19)28-18(2,3)29-17/h4-7,13-17,23H,8-10H2,1-3H3/t13-,14-,15+,16-,17+,19+/m0/s1. The highest BCUT2D eigenvalue weighted by Gasteiger charge is 2.69. The zero-order valence-electron chi connectivity index (χ0n) is 17.4. The third-order valence-corrected chi connectivity index (χ3v) is 7.04. The topological polar surface area (TPSA) is 149 Å². The Morgan fingerprint density at radius 3 is 2.65 bits per heavy atom. The van der Waals surface area contributed by atoms with Crippen LogP contribution in [0.1, 0.15) is 25.8 Å². The molecule has 170 valence electrons. The summed E-state index contributed by atoms with van der Waals surface area (Å²) in [4.78, 5) is 2.73. The zero-order chi connectivity index (χ0) is 22.4. The first-order chi connectivity index (χ1) is 14.6. The van der Waals surface area contributed by atoms with E-state index in [1.54, 1.807) is 26.0 Å². The Morgan fingerprint density at radius 2 is 1.97 bits per heavy atom. The number of hydrogen-bond donors (Lipinski definition) is 1. The number of hydrogen-bond acceptors (Lipinski definition) is 9. The van der Waals surface area contributed by atoms with Crippen LogP contribution in [0, 0.1) is 6.92 Å². The number of azide groups is 1. The van der Waals surface area contributed by atoms with Crippen molar-refractivity contribution in [2.24, 2.45) is 5.11 Å². The molecule has 11 nitrogen and oxygen atoms in total. The average molecular weight is 455 g/mol. The molecule has 31 heavy (non-hydrogen) atoms. The minimum absolute atomic E-state index is 0.0386. The maximum absolute atomic E-state index is 12.9. The van der Waals surface area contributed by atoms with Crippen molar-refractivity contribution in [1.82, 2.24) is 0 Å². The molecule has 3 aliphatic rings. The molecule has 3 fully saturated rings. The van der Waals surface area contributed by atoms with Crippen LogP contribution in [0.2, 0.25) is 0 Å². The fourth-order valence-electron chi connectivity index (χ4n) is 4.29. The number of aliphatic hydroxyl groups excluding tert-OH is 1. The fourth-order valence-corrected chi connectivity index (χ4v) is 5.39. The van der Waals surface area contributed by atoms with E-state index in [0.29, 0.717) is 0 Å². The molecule has 0 unspecified atom stereocenters.